The summed E-state index contributed by atoms with van der Waals surface area (Å²) >= 11 is 0. The second-order valence-corrected chi connectivity index (χ2v) is 7.65. The second kappa shape index (κ2) is 7.82. The van der Waals surface area contributed by atoms with Crippen LogP contribution in [-0.2, 0) is 10.3 Å². The van der Waals surface area contributed by atoms with Gasteiger partial charge in [0.15, 0.2) is 5.60 Å². The Labute approximate surface area is 177 Å². The molecule has 0 amide bonds. The molecular formula is C25H27N3O2. The zero-order valence-corrected chi connectivity index (χ0v) is 17.9. The molecule has 5 heteroatoms. The highest BCUT2D eigenvalue weighted by Crippen LogP contribution is 2.47. The number of nitrogens with zero attached hydrogens (tertiary/aromatic N) is 3. The first-order chi connectivity index (χ1) is 14.5. The Morgan fingerprint density at radius 1 is 0.867 bits per heavy atom. The molecular weight excluding hydrogens is 374 g/mol. The van der Waals surface area contributed by atoms with Gasteiger partial charge in [-0.25, -0.2) is 4.79 Å². The first kappa shape index (κ1) is 20.0. The number of anilines is 2. The predicted molar refractivity (Wildman–Crippen MR) is 120 cm³/mol. The topological polar surface area (TPSA) is 45.7 Å². The van der Waals surface area contributed by atoms with Crippen molar-refractivity contribution in [1.82, 2.24) is 4.98 Å². The Morgan fingerprint density at radius 3 is 1.97 bits per heavy atom. The molecule has 4 rings (SSSR count). The van der Waals surface area contributed by atoms with Gasteiger partial charge in [0.2, 0.25) is 0 Å². The summed E-state index contributed by atoms with van der Waals surface area (Å²) in [5, 5.41) is 0. The summed E-state index contributed by atoms with van der Waals surface area (Å²) in [5.74, 6) is -0.345. The van der Waals surface area contributed by atoms with E-state index < -0.39 is 5.60 Å². The van der Waals surface area contributed by atoms with Crippen molar-refractivity contribution in [3.8, 4) is 0 Å². The number of hydrogen-bond acceptors (Lipinski definition) is 5. The lowest BCUT2D eigenvalue weighted by molar-refractivity contribution is 0.0251. The van der Waals surface area contributed by atoms with Gasteiger partial charge in [0.05, 0.1) is 5.56 Å². The molecule has 0 fully saturated rings. The molecule has 1 aliphatic heterocycles. The molecule has 0 aliphatic carbocycles. The van der Waals surface area contributed by atoms with Crippen LogP contribution in [0.2, 0.25) is 0 Å². The number of carbonyl (C=O) groups excluding carboxylic acids is 1. The number of fused-ring (bicyclic) bond motifs is 1. The minimum Gasteiger partial charge on any atom is -0.441 e. The molecule has 0 saturated heterocycles. The summed E-state index contributed by atoms with van der Waals surface area (Å²) in [6.07, 6.45) is 3.31. The van der Waals surface area contributed by atoms with E-state index in [4.69, 9.17) is 4.74 Å². The standard InChI is InChI=1S/C25H27N3O2/c1-5-28(6-2)21-13-9-19(10-14-21)25(18-7-11-20(12-8-18)27(3)4)23-15-16-26-17-22(23)24(29)30-25/h7-17H,5-6H2,1-4H3. The molecule has 3 aromatic rings. The van der Waals surface area contributed by atoms with Gasteiger partial charge >= 0.3 is 5.97 Å². The number of rotatable bonds is 6. The molecule has 1 aliphatic rings. The third-order valence-corrected chi connectivity index (χ3v) is 5.86. The van der Waals surface area contributed by atoms with Gasteiger partial charge in [-0.2, -0.15) is 0 Å². The number of cyclic esters (lactones) is 1. The van der Waals surface area contributed by atoms with Crippen LogP contribution in [0.1, 0.15) is 40.9 Å². The lowest BCUT2D eigenvalue weighted by Crippen LogP contribution is -2.30. The van der Waals surface area contributed by atoms with Crippen LogP contribution in [-0.4, -0.2) is 38.1 Å². The van der Waals surface area contributed by atoms with Crippen molar-refractivity contribution >= 4 is 17.3 Å². The van der Waals surface area contributed by atoms with Crippen molar-refractivity contribution in [1.29, 1.82) is 0 Å². The van der Waals surface area contributed by atoms with Gasteiger partial charge in [-0.15, -0.1) is 0 Å². The molecule has 2 heterocycles. The summed E-state index contributed by atoms with van der Waals surface area (Å²) < 4.78 is 6.14. The van der Waals surface area contributed by atoms with Gasteiger partial charge < -0.3 is 14.5 Å². The van der Waals surface area contributed by atoms with Gasteiger partial charge in [0.1, 0.15) is 0 Å². The Hall–Kier alpha value is -3.34. The molecule has 1 atom stereocenters. The number of pyridine rings is 1. The highest BCUT2D eigenvalue weighted by molar-refractivity contribution is 5.96. The van der Waals surface area contributed by atoms with Crippen molar-refractivity contribution < 1.29 is 9.53 Å². The van der Waals surface area contributed by atoms with Crippen molar-refractivity contribution in [2.24, 2.45) is 0 Å². The fraction of sp³-hybridized carbons (Fsp3) is 0.280. The molecule has 1 aromatic heterocycles. The van der Waals surface area contributed by atoms with E-state index in [9.17, 15) is 4.79 Å². The minimum absolute atomic E-state index is 0.345. The third kappa shape index (κ3) is 3.11. The Balaban J connectivity index is 1.89. The fourth-order valence-corrected chi connectivity index (χ4v) is 4.20. The van der Waals surface area contributed by atoms with Gasteiger partial charge in [-0.3, -0.25) is 4.98 Å². The van der Waals surface area contributed by atoms with Gasteiger partial charge in [0.25, 0.3) is 0 Å². The highest BCUT2D eigenvalue weighted by Gasteiger charge is 2.48. The van der Waals surface area contributed by atoms with E-state index in [-0.39, 0.29) is 5.97 Å². The van der Waals surface area contributed by atoms with Crippen molar-refractivity contribution in [3.63, 3.8) is 0 Å². The van der Waals surface area contributed by atoms with Crippen LogP contribution in [0.4, 0.5) is 11.4 Å². The Morgan fingerprint density at radius 2 is 1.43 bits per heavy atom. The van der Waals surface area contributed by atoms with Crippen LogP contribution in [0.3, 0.4) is 0 Å². The molecule has 0 N–H and O–H groups in total. The molecule has 154 valence electrons. The fourth-order valence-electron chi connectivity index (χ4n) is 4.20. The maximum absolute atomic E-state index is 12.8. The highest BCUT2D eigenvalue weighted by atomic mass is 16.6. The van der Waals surface area contributed by atoms with Crippen LogP contribution in [0.15, 0.2) is 67.0 Å². The molecule has 0 bridgehead atoms. The van der Waals surface area contributed by atoms with Crippen molar-refractivity contribution in [3.05, 3.63) is 89.2 Å². The Bertz CT molecular complexity index is 1040. The van der Waals surface area contributed by atoms with E-state index in [1.54, 1.807) is 12.4 Å². The summed E-state index contributed by atoms with van der Waals surface area (Å²) in [6, 6.07) is 18.4. The zero-order chi connectivity index (χ0) is 21.3. The van der Waals surface area contributed by atoms with E-state index in [0.29, 0.717) is 5.56 Å². The van der Waals surface area contributed by atoms with Crippen LogP contribution in [0, 0.1) is 0 Å². The van der Waals surface area contributed by atoms with Gasteiger partial charge in [0, 0.05) is 67.6 Å². The molecule has 30 heavy (non-hydrogen) atoms. The van der Waals surface area contributed by atoms with E-state index >= 15 is 0 Å². The first-order valence-electron chi connectivity index (χ1n) is 10.3. The molecule has 0 spiro atoms. The lowest BCUT2D eigenvalue weighted by Gasteiger charge is -2.31. The minimum atomic E-state index is -0.984. The molecule has 0 radical (unpaired) electrons. The van der Waals surface area contributed by atoms with Crippen LogP contribution < -0.4 is 9.80 Å². The summed E-state index contributed by atoms with van der Waals surface area (Å²) in [4.78, 5) is 21.3. The van der Waals surface area contributed by atoms with E-state index in [0.717, 1.165) is 41.2 Å². The van der Waals surface area contributed by atoms with E-state index in [1.807, 2.05) is 49.3 Å². The number of carbonyl (C=O) groups is 1. The summed E-state index contributed by atoms with van der Waals surface area (Å²) in [6.45, 7) is 6.17. The number of ether oxygens (including phenoxy) is 1. The van der Waals surface area contributed by atoms with Crippen molar-refractivity contribution in [2.75, 3.05) is 37.0 Å². The Kier molecular flexibility index (Phi) is 5.20. The smallest absolute Gasteiger partial charge is 0.341 e. The molecule has 2 aromatic carbocycles. The molecule has 1 unspecified atom stereocenters. The number of benzene rings is 2. The first-order valence-corrected chi connectivity index (χ1v) is 10.3. The predicted octanol–water partition coefficient (Wildman–Crippen LogP) is 4.46. The van der Waals surface area contributed by atoms with E-state index in [1.165, 1.54) is 0 Å². The summed E-state index contributed by atoms with van der Waals surface area (Å²) in [5.41, 5.74) is 4.45. The normalized spacial score (nSPS) is 17.4. The lowest BCUT2D eigenvalue weighted by atomic mass is 9.80. The number of aromatic nitrogens is 1. The zero-order valence-electron chi connectivity index (χ0n) is 17.9. The van der Waals surface area contributed by atoms with Crippen LogP contribution in [0.5, 0.6) is 0 Å². The molecule has 5 nitrogen and oxygen atoms in total. The quantitative estimate of drug-likeness (QED) is 0.571. The average molecular weight is 402 g/mol. The van der Waals surface area contributed by atoms with Crippen LogP contribution >= 0.6 is 0 Å². The second-order valence-electron chi connectivity index (χ2n) is 7.65. The largest absolute Gasteiger partial charge is 0.441 e. The number of hydrogen-bond donors (Lipinski definition) is 0. The van der Waals surface area contributed by atoms with E-state index in [2.05, 4.69) is 48.0 Å². The maximum Gasteiger partial charge on any atom is 0.341 e. The van der Waals surface area contributed by atoms with Crippen LogP contribution in [0.25, 0.3) is 0 Å². The monoisotopic (exact) mass is 401 g/mol. The SMILES string of the molecule is CCN(CC)c1ccc(C2(c3ccc(N(C)C)cc3)OC(=O)c3cnccc32)cc1. The van der Waals surface area contributed by atoms with Gasteiger partial charge in [-0.05, 0) is 44.2 Å². The average Bonchev–Trinajstić information content (AvgIpc) is 3.09. The molecule has 0 saturated carbocycles. The maximum atomic E-state index is 12.8. The summed E-state index contributed by atoms with van der Waals surface area (Å²) in [7, 11) is 4.01. The number of esters is 1. The third-order valence-electron chi connectivity index (χ3n) is 5.86. The van der Waals surface area contributed by atoms with Gasteiger partial charge in [-0.1, -0.05) is 24.3 Å². The van der Waals surface area contributed by atoms with Crippen molar-refractivity contribution in [2.45, 2.75) is 19.4 Å².